The second-order valence-electron chi connectivity index (χ2n) is 9.29. The lowest BCUT2D eigenvalue weighted by Gasteiger charge is -2.29. The first-order valence-corrected chi connectivity index (χ1v) is 12.7. The summed E-state index contributed by atoms with van der Waals surface area (Å²) in [6.45, 7) is 6.68. The summed E-state index contributed by atoms with van der Waals surface area (Å²) < 4.78 is 34.5. The molecule has 206 valence electrons. The molecule has 1 aliphatic carbocycles. The molecule has 1 fully saturated rings. The molecule has 0 aliphatic heterocycles. The van der Waals surface area contributed by atoms with Crippen molar-refractivity contribution in [1.82, 2.24) is 0 Å². The lowest BCUT2D eigenvalue weighted by atomic mass is 9.81. The van der Waals surface area contributed by atoms with Gasteiger partial charge in [-0.05, 0) is 61.4 Å². The summed E-state index contributed by atoms with van der Waals surface area (Å²) in [4.78, 5) is 31.8. The number of ether oxygens (including phenoxy) is 2. The van der Waals surface area contributed by atoms with Crippen LogP contribution in [0.4, 0.5) is 8.78 Å². The Labute approximate surface area is 221 Å². The van der Waals surface area contributed by atoms with Gasteiger partial charge in [0.15, 0.2) is 0 Å². The lowest BCUT2D eigenvalue weighted by Crippen LogP contribution is -2.33. The number of carbonyl (C=O) groups excluding carboxylic acids is 3. The van der Waals surface area contributed by atoms with Gasteiger partial charge >= 0.3 is 6.11 Å². The summed E-state index contributed by atoms with van der Waals surface area (Å²) in [6, 6.07) is 12.4. The summed E-state index contributed by atoms with van der Waals surface area (Å²) in [5.74, 6) is 0.498. The maximum Gasteiger partial charge on any atom is 0.394 e. The van der Waals surface area contributed by atoms with Crippen LogP contribution in [-0.2, 0) is 27.2 Å². The van der Waals surface area contributed by atoms with Crippen molar-refractivity contribution in [3.63, 3.8) is 0 Å². The smallest absolute Gasteiger partial charge is 0.394 e. The van der Waals surface area contributed by atoms with Crippen molar-refractivity contribution in [3.8, 4) is 5.75 Å². The van der Waals surface area contributed by atoms with E-state index in [1.165, 1.54) is 6.07 Å². The van der Waals surface area contributed by atoms with Crippen LogP contribution in [0.3, 0.4) is 0 Å². The molecule has 1 aliphatic rings. The minimum Gasteiger partial charge on any atom is -0.433 e. The van der Waals surface area contributed by atoms with Gasteiger partial charge in [-0.2, -0.15) is 8.78 Å². The largest absolute Gasteiger partial charge is 0.433 e. The number of hydrogen-bond acceptors (Lipinski definition) is 5. The second kappa shape index (κ2) is 16.7. The van der Waals surface area contributed by atoms with Gasteiger partial charge in [0.25, 0.3) is 0 Å². The van der Waals surface area contributed by atoms with Crippen molar-refractivity contribution in [1.29, 1.82) is 0 Å². The van der Waals surface area contributed by atoms with E-state index in [2.05, 4.69) is 11.7 Å². The molecule has 0 spiro atoms. The fourth-order valence-corrected chi connectivity index (χ4v) is 4.43. The number of aldehydes is 1. The highest BCUT2D eigenvalue weighted by Crippen LogP contribution is 2.28. The average molecular weight is 521 g/mol. The van der Waals surface area contributed by atoms with Gasteiger partial charge in [0.05, 0.1) is 6.10 Å². The number of unbranched alkanes of at least 4 members (excludes halogenated alkanes) is 1. The number of alkyl halides is 2. The molecule has 0 radical (unpaired) electrons. The molecular formula is C30H42F2O5. The van der Waals surface area contributed by atoms with Gasteiger partial charge in [-0.3, -0.25) is 9.59 Å². The Kier molecular flexibility index (Phi) is 14.5. The van der Waals surface area contributed by atoms with Gasteiger partial charge < -0.3 is 14.3 Å². The maximum atomic E-state index is 12.7. The minimum atomic E-state index is -3.10. The number of Topliss-reactive ketones (excluding diaryl/α,β-unsaturated/α-hetero) is 1. The highest BCUT2D eigenvalue weighted by Gasteiger charge is 2.30. The molecule has 0 bridgehead atoms. The third-order valence-electron chi connectivity index (χ3n) is 6.22. The Morgan fingerprint density at radius 1 is 1.16 bits per heavy atom. The first-order chi connectivity index (χ1) is 17.7. The van der Waals surface area contributed by atoms with Crippen LogP contribution in [0.5, 0.6) is 5.75 Å². The summed E-state index contributed by atoms with van der Waals surface area (Å²) in [5, 5.41) is 0. The van der Waals surface area contributed by atoms with Crippen LogP contribution >= 0.6 is 0 Å². The molecule has 0 N–H and O–H groups in total. The topological polar surface area (TPSA) is 69.7 Å². The van der Waals surface area contributed by atoms with E-state index in [1.807, 2.05) is 38.0 Å². The Morgan fingerprint density at radius 3 is 2.46 bits per heavy atom. The quantitative estimate of drug-likeness (QED) is 0.310. The number of benzene rings is 2. The molecule has 3 rings (SSSR count). The highest BCUT2D eigenvalue weighted by atomic mass is 19.3. The van der Waals surface area contributed by atoms with Crippen LogP contribution in [0.25, 0.3) is 0 Å². The molecule has 2 atom stereocenters. The van der Waals surface area contributed by atoms with Crippen molar-refractivity contribution in [2.45, 2.75) is 84.4 Å². The lowest BCUT2D eigenvalue weighted by molar-refractivity contribution is -0.159. The third-order valence-corrected chi connectivity index (χ3v) is 6.22. The predicted octanol–water partition coefficient (Wildman–Crippen LogP) is 7.21. The van der Waals surface area contributed by atoms with Crippen molar-refractivity contribution in [2.24, 2.45) is 5.92 Å². The van der Waals surface area contributed by atoms with Crippen molar-refractivity contribution >= 4 is 18.9 Å². The van der Waals surface area contributed by atoms with E-state index in [-0.39, 0.29) is 25.0 Å². The van der Waals surface area contributed by atoms with Crippen molar-refractivity contribution < 1.29 is 34.1 Å². The Morgan fingerprint density at radius 2 is 1.86 bits per heavy atom. The molecule has 37 heavy (non-hydrogen) atoms. The summed E-state index contributed by atoms with van der Waals surface area (Å²) in [7, 11) is 1.71. The number of hydrogen-bond donors (Lipinski definition) is 0. The monoisotopic (exact) mass is 520 g/mol. The SMILES string of the molecule is C=O.CCCCc1cc(CC(=O)C2CCCC[C@@H]2OC)ccc1C=O.Cc1cccc(OC(C)(F)F)c1.[HH]. The molecule has 1 unspecified atom stereocenters. The fraction of sp³-hybridized carbons (Fsp3) is 0.500. The van der Waals surface area contributed by atoms with E-state index in [1.54, 1.807) is 19.2 Å². The van der Waals surface area contributed by atoms with Gasteiger partial charge in [0, 0.05) is 33.4 Å². The molecule has 7 heteroatoms. The molecule has 2 aromatic carbocycles. The Bertz CT molecular complexity index is 977. The Hall–Kier alpha value is -2.93. The van der Waals surface area contributed by atoms with Crippen LogP contribution < -0.4 is 4.74 Å². The summed E-state index contributed by atoms with van der Waals surface area (Å²) in [5.41, 5.74) is 3.74. The first-order valence-electron chi connectivity index (χ1n) is 12.7. The fourth-order valence-electron chi connectivity index (χ4n) is 4.43. The molecule has 1 saturated carbocycles. The molecule has 0 heterocycles. The molecule has 2 aromatic rings. The molecule has 5 nitrogen and oxygen atoms in total. The van der Waals surface area contributed by atoms with Crippen LogP contribution in [0, 0.1) is 12.8 Å². The zero-order valence-corrected chi connectivity index (χ0v) is 22.4. The number of ketones is 1. The highest BCUT2D eigenvalue weighted by molar-refractivity contribution is 5.84. The van der Waals surface area contributed by atoms with E-state index in [4.69, 9.17) is 9.53 Å². The van der Waals surface area contributed by atoms with Crippen LogP contribution in [0.15, 0.2) is 42.5 Å². The Balaban J connectivity index is 0.000000773. The van der Waals surface area contributed by atoms with E-state index in [0.29, 0.717) is 6.42 Å². The third kappa shape index (κ3) is 11.8. The molecule has 0 aromatic heterocycles. The van der Waals surface area contributed by atoms with Crippen molar-refractivity contribution in [2.75, 3.05) is 7.11 Å². The number of rotatable bonds is 10. The van der Waals surface area contributed by atoms with E-state index in [9.17, 15) is 18.4 Å². The number of carbonyl (C=O) groups is 3. The summed E-state index contributed by atoms with van der Waals surface area (Å²) in [6.07, 6.45) is 5.58. The van der Waals surface area contributed by atoms with Gasteiger partial charge in [-0.1, -0.05) is 56.5 Å². The predicted molar refractivity (Wildman–Crippen MR) is 144 cm³/mol. The second-order valence-corrected chi connectivity index (χ2v) is 9.29. The first kappa shape index (κ1) is 32.1. The molecule has 0 amide bonds. The van der Waals surface area contributed by atoms with E-state index in [0.717, 1.165) is 80.4 Å². The van der Waals surface area contributed by atoms with Crippen molar-refractivity contribution in [3.05, 3.63) is 64.7 Å². The average Bonchev–Trinajstić information content (AvgIpc) is 2.88. The standard InChI is InChI=1S/C20H28O3.C9H10F2O.CH2O.H2/c1-3-4-7-16-12-15(10-11-17(16)14-21)13-19(22)18-8-5-6-9-20(18)23-2;1-7-4-3-5-8(6-7)12-9(2,10)11;1-2;/h10-12,14,18,20H,3-9,13H2,1-2H3;3-6H,1-2H3;1H2;1H/t18?,20-;;;/m0.../s1. The van der Waals surface area contributed by atoms with Gasteiger partial charge in [-0.15, -0.1) is 0 Å². The van der Waals surface area contributed by atoms with Gasteiger partial charge in [0.1, 0.15) is 24.6 Å². The van der Waals surface area contributed by atoms with Gasteiger partial charge in [0.2, 0.25) is 0 Å². The molecule has 0 saturated heterocycles. The van der Waals surface area contributed by atoms with E-state index >= 15 is 0 Å². The zero-order valence-electron chi connectivity index (χ0n) is 22.4. The van der Waals surface area contributed by atoms with E-state index < -0.39 is 6.11 Å². The van der Waals surface area contributed by atoms with Crippen LogP contribution in [-0.4, -0.2) is 38.2 Å². The minimum absolute atomic E-state index is 0. The summed E-state index contributed by atoms with van der Waals surface area (Å²) >= 11 is 0. The van der Waals surface area contributed by atoms with Gasteiger partial charge in [-0.25, -0.2) is 0 Å². The number of methoxy groups -OCH3 is 1. The van der Waals surface area contributed by atoms with Crippen LogP contribution in [0.2, 0.25) is 0 Å². The molecular weight excluding hydrogens is 478 g/mol. The zero-order chi connectivity index (χ0) is 27.8. The maximum absolute atomic E-state index is 12.7. The van der Waals surface area contributed by atoms with Crippen LogP contribution in [0.1, 0.15) is 80.8 Å². The number of halogens is 2. The number of aryl methyl sites for hydroxylation is 2. The normalized spacial score (nSPS) is 16.9.